The number of benzene rings is 1. The lowest BCUT2D eigenvalue weighted by molar-refractivity contribution is 0.0925. The smallest absolute Gasteiger partial charge is 0.251 e. The van der Waals surface area contributed by atoms with Gasteiger partial charge in [-0.2, -0.15) is 0 Å². The molecular weight excluding hydrogens is 284 g/mol. The third-order valence-corrected chi connectivity index (χ3v) is 4.72. The zero-order chi connectivity index (χ0) is 13.9. The summed E-state index contributed by atoms with van der Waals surface area (Å²) < 4.78 is 0. The molecule has 2 aliphatic rings. The molecule has 0 radical (unpaired) electrons. The summed E-state index contributed by atoms with van der Waals surface area (Å²) in [4.78, 5) is 12.3. The van der Waals surface area contributed by atoms with Gasteiger partial charge in [-0.1, -0.05) is 6.07 Å². The van der Waals surface area contributed by atoms with E-state index in [9.17, 15) is 4.79 Å². The van der Waals surface area contributed by atoms with Crippen LogP contribution in [0.25, 0.3) is 0 Å². The zero-order valence-corrected chi connectivity index (χ0v) is 13.3. The summed E-state index contributed by atoms with van der Waals surface area (Å²) >= 11 is 0. The summed E-state index contributed by atoms with van der Waals surface area (Å²) in [6, 6.07) is 6.84. The molecule has 0 aliphatic heterocycles. The fourth-order valence-electron chi connectivity index (χ4n) is 3.41. The molecule has 0 aromatic heterocycles. The van der Waals surface area contributed by atoms with Crippen molar-refractivity contribution in [1.29, 1.82) is 0 Å². The van der Waals surface area contributed by atoms with Gasteiger partial charge in [-0.15, -0.1) is 12.4 Å². The van der Waals surface area contributed by atoms with Gasteiger partial charge in [-0.3, -0.25) is 4.79 Å². The van der Waals surface area contributed by atoms with Crippen LogP contribution in [0.2, 0.25) is 0 Å². The Hall–Kier alpha value is -1.06. The van der Waals surface area contributed by atoms with E-state index in [1.165, 1.54) is 24.0 Å². The van der Waals surface area contributed by atoms with Crippen LogP contribution < -0.4 is 11.1 Å². The van der Waals surface area contributed by atoms with Gasteiger partial charge in [0.2, 0.25) is 0 Å². The fraction of sp³-hybridized carbons (Fsp3) is 0.588. The van der Waals surface area contributed by atoms with Crippen molar-refractivity contribution in [3.05, 3.63) is 34.9 Å². The summed E-state index contributed by atoms with van der Waals surface area (Å²) in [5.74, 6) is 0.0823. The second-order valence-electron chi connectivity index (χ2n) is 6.28. The summed E-state index contributed by atoms with van der Waals surface area (Å²) in [5.41, 5.74) is 9.52. The number of aryl methyl sites for hydroxylation is 2. The van der Waals surface area contributed by atoms with Crippen molar-refractivity contribution >= 4 is 18.3 Å². The third kappa shape index (κ3) is 3.98. The number of hydrogen-bond donors (Lipinski definition) is 2. The van der Waals surface area contributed by atoms with Gasteiger partial charge < -0.3 is 11.1 Å². The van der Waals surface area contributed by atoms with Crippen LogP contribution in [0.4, 0.5) is 0 Å². The van der Waals surface area contributed by atoms with Crippen LogP contribution in [0, 0.1) is 0 Å². The number of hydrogen-bond acceptors (Lipinski definition) is 2. The molecule has 0 unspecified atom stereocenters. The topological polar surface area (TPSA) is 55.1 Å². The van der Waals surface area contributed by atoms with E-state index < -0.39 is 0 Å². The van der Waals surface area contributed by atoms with Gasteiger partial charge in [0.25, 0.3) is 5.91 Å². The quantitative estimate of drug-likeness (QED) is 0.882. The number of nitrogens with two attached hydrogens (primary N) is 1. The van der Waals surface area contributed by atoms with Crippen LogP contribution in [0.1, 0.15) is 60.0 Å². The number of rotatable bonds is 2. The zero-order valence-electron chi connectivity index (χ0n) is 12.4. The Bertz CT molecular complexity index is 496. The second-order valence-corrected chi connectivity index (χ2v) is 6.28. The Morgan fingerprint density at radius 3 is 2.43 bits per heavy atom. The van der Waals surface area contributed by atoms with Crippen molar-refractivity contribution in [2.45, 2.75) is 63.5 Å². The lowest BCUT2D eigenvalue weighted by atomic mass is 9.89. The molecular formula is C17H25ClN2O. The summed E-state index contributed by atoms with van der Waals surface area (Å²) in [7, 11) is 0. The van der Waals surface area contributed by atoms with Crippen molar-refractivity contribution in [3.8, 4) is 0 Å². The molecule has 1 fully saturated rings. The molecule has 3 nitrogen and oxygen atoms in total. The number of nitrogens with one attached hydrogen (secondary N) is 1. The number of carbonyl (C=O) groups is 1. The van der Waals surface area contributed by atoms with E-state index in [2.05, 4.69) is 17.4 Å². The first kappa shape index (κ1) is 16.3. The maximum Gasteiger partial charge on any atom is 0.251 e. The lowest BCUT2D eigenvalue weighted by Gasteiger charge is -2.27. The molecule has 1 aromatic carbocycles. The van der Waals surface area contributed by atoms with Crippen LogP contribution in [0.3, 0.4) is 0 Å². The first-order valence-electron chi connectivity index (χ1n) is 7.90. The van der Waals surface area contributed by atoms with Crippen molar-refractivity contribution < 1.29 is 4.79 Å². The molecule has 1 amide bonds. The van der Waals surface area contributed by atoms with Gasteiger partial charge in [-0.25, -0.2) is 0 Å². The largest absolute Gasteiger partial charge is 0.349 e. The SMILES string of the molecule is Cl.NC1CCC(NC(=O)c2ccc3c(c2)CCCC3)CC1. The standard InChI is InChI=1S/C17H24N2O.ClH/c18-15-7-9-16(10-8-15)19-17(20)14-6-5-12-3-1-2-4-13(12)11-14;/h5-6,11,15-16H,1-4,7-10,18H2,(H,19,20);1H. The predicted molar refractivity (Wildman–Crippen MR) is 88.0 cm³/mol. The highest BCUT2D eigenvalue weighted by Crippen LogP contribution is 2.23. The molecule has 116 valence electrons. The molecule has 0 spiro atoms. The third-order valence-electron chi connectivity index (χ3n) is 4.72. The van der Waals surface area contributed by atoms with E-state index in [1.807, 2.05) is 6.07 Å². The van der Waals surface area contributed by atoms with E-state index in [-0.39, 0.29) is 18.3 Å². The predicted octanol–water partition coefficient (Wildman–Crippen LogP) is 2.99. The summed E-state index contributed by atoms with van der Waals surface area (Å²) in [5, 5.41) is 3.17. The lowest BCUT2D eigenvalue weighted by Crippen LogP contribution is -2.40. The van der Waals surface area contributed by atoms with Gasteiger partial charge in [0.05, 0.1) is 0 Å². The van der Waals surface area contributed by atoms with Crippen LogP contribution in [0.5, 0.6) is 0 Å². The van der Waals surface area contributed by atoms with Gasteiger partial charge in [0.15, 0.2) is 0 Å². The van der Waals surface area contributed by atoms with E-state index >= 15 is 0 Å². The minimum Gasteiger partial charge on any atom is -0.349 e. The first-order valence-corrected chi connectivity index (χ1v) is 7.90. The highest BCUT2D eigenvalue weighted by atomic mass is 35.5. The van der Waals surface area contributed by atoms with Crippen molar-refractivity contribution in [2.24, 2.45) is 5.73 Å². The van der Waals surface area contributed by atoms with Gasteiger partial charge >= 0.3 is 0 Å². The minimum absolute atomic E-state index is 0. The van der Waals surface area contributed by atoms with E-state index in [0.29, 0.717) is 12.1 Å². The Morgan fingerprint density at radius 2 is 1.71 bits per heavy atom. The second kappa shape index (κ2) is 7.28. The van der Waals surface area contributed by atoms with E-state index in [1.54, 1.807) is 0 Å². The summed E-state index contributed by atoms with van der Waals surface area (Å²) in [6.07, 6.45) is 8.88. The maximum absolute atomic E-state index is 12.3. The Morgan fingerprint density at radius 1 is 1.05 bits per heavy atom. The molecule has 0 atom stereocenters. The average Bonchev–Trinajstić information content (AvgIpc) is 2.49. The first-order chi connectivity index (χ1) is 9.72. The van der Waals surface area contributed by atoms with E-state index in [0.717, 1.165) is 44.1 Å². The average molecular weight is 309 g/mol. The maximum atomic E-state index is 12.3. The molecule has 0 bridgehead atoms. The Balaban J connectivity index is 0.00000161. The molecule has 0 saturated heterocycles. The van der Waals surface area contributed by atoms with Crippen LogP contribution in [-0.2, 0) is 12.8 Å². The molecule has 1 aromatic rings. The van der Waals surface area contributed by atoms with Crippen molar-refractivity contribution in [1.82, 2.24) is 5.32 Å². The molecule has 4 heteroatoms. The molecule has 3 rings (SSSR count). The van der Waals surface area contributed by atoms with Crippen molar-refractivity contribution in [3.63, 3.8) is 0 Å². The number of halogens is 1. The highest BCUT2D eigenvalue weighted by molar-refractivity contribution is 5.94. The van der Waals surface area contributed by atoms with Crippen LogP contribution in [-0.4, -0.2) is 18.0 Å². The number of fused-ring (bicyclic) bond motifs is 1. The normalized spacial score (nSPS) is 24.6. The minimum atomic E-state index is 0. The van der Waals surface area contributed by atoms with Crippen molar-refractivity contribution in [2.75, 3.05) is 0 Å². The molecule has 3 N–H and O–H groups in total. The number of carbonyl (C=O) groups excluding carboxylic acids is 1. The fourth-order valence-corrected chi connectivity index (χ4v) is 3.41. The van der Waals surface area contributed by atoms with Crippen LogP contribution >= 0.6 is 12.4 Å². The van der Waals surface area contributed by atoms with Gasteiger partial charge in [0, 0.05) is 17.6 Å². The van der Waals surface area contributed by atoms with Gasteiger partial charge in [-0.05, 0) is 74.6 Å². The van der Waals surface area contributed by atoms with Crippen LogP contribution in [0.15, 0.2) is 18.2 Å². The molecule has 21 heavy (non-hydrogen) atoms. The Labute approximate surface area is 133 Å². The number of amides is 1. The molecule has 1 saturated carbocycles. The highest BCUT2D eigenvalue weighted by Gasteiger charge is 2.21. The monoisotopic (exact) mass is 308 g/mol. The summed E-state index contributed by atoms with van der Waals surface area (Å²) in [6.45, 7) is 0. The molecule has 0 heterocycles. The molecule has 2 aliphatic carbocycles. The van der Waals surface area contributed by atoms with E-state index in [4.69, 9.17) is 5.73 Å². The Kier molecular flexibility index (Phi) is 5.65. The van der Waals surface area contributed by atoms with Gasteiger partial charge in [0.1, 0.15) is 0 Å².